The van der Waals surface area contributed by atoms with Crippen molar-refractivity contribution in [1.82, 2.24) is 0 Å². The van der Waals surface area contributed by atoms with E-state index in [0.717, 1.165) is 12.0 Å². The molecule has 1 aliphatic heterocycles. The van der Waals surface area contributed by atoms with E-state index in [1.54, 1.807) is 24.3 Å². The first kappa shape index (κ1) is 25.3. The Labute approximate surface area is 212 Å². The molecule has 0 aromatic heterocycles. The van der Waals surface area contributed by atoms with Crippen molar-refractivity contribution in [2.45, 2.75) is 46.0 Å². The number of ether oxygens (including phenoxy) is 4. The van der Waals surface area contributed by atoms with Crippen LogP contribution >= 0.6 is 0 Å². The quantitative estimate of drug-likeness (QED) is 0.334. The maximum absolute atomic E-state index is 13.3. The lowest BCUT2D eigenvalue weighted by molar-refractivity contribution is 0.0913. The molecule has 188 valence electrons. The summed E-state index contributed by atoms with van der Waals surface area (Å²) in [4.78, 5) is 13.3. The van der Waals surface area contributed by atoms with Gasteiger partial charge in [0.15, 0.2) is 6.61 Å². The Bertz CT molecular complexity index is 1230. The fraction of sp³-hybridized carbons (Fsp3) is 0.300. The zero-order valence-electron chi connectivity index (χ0n) is 21.0. The average molecular weight is 489 g/mol. The molecule has 0 radical (unpaired) electrons. The second kappa shape index (κ2) is 11.3. The number of fused-ring (bicyclic) bond motifs is 1. The van der Waals surface area contributed by atoms with Crippen molar-refractivity contribution >= 4 is 11.9 Å². The number of carbonyl (C=O) groups excluding carboxylic acids is 1. The van der Waals surface area contributed by atoms with Crippen LogP contribution in [-0.4, -0.2) is 29.7 Å². The minimum absolute atomic E-state index is 0.219. The highest BCUT2D eigenvalue weighted by Crippen LogP contribution is 2.39. The summed E-state index contributed by atoms with van der Waals surface area (Å²) in [6, 6.07) is 18.5. The summed E-state index contributed by atoms with van der Waals surface area (Å²) in [5.74, 6) is 1.91. The topological polar surface area (TPSA) is 74.2 Å². The SMILES string of the molecule is CCCOc1ccc(C(=O)COc2c(CO)ccc3c2C=CC(C)(C)O3)c(OCc2ccccc2)c1. The number of carbonyl (C=O) groups is 1. The van der Waals surface area contributed by atoms with Gasteiger partial charge >= 0.3 is 0 Å². The van der Waals surface area contributed by atoms with Gasteiger partial charge in [0.2, 0.25) is 5.78 Å². The van der Waals surface area contributed by atoms with Crippen LogP contribution in [0.15, 0.2) is 66.7 Å². The van der Waals surface area contributed by atoms with Gasteiger partial charge in [-0.25, -0.2) is 0 Å². The van der Waals surface area contributed by atoms with Crippen molar-refractivity contribution in [3.63, 3.8) is 0 Å². The van der Waals surface area contributed by atoms with Gasteiger partial charge in [-0.1, -0.05) is 37.3 Å². The summed E-state index contributed by atoms with van der Waals surface area (Å²) in [6.45, 7) is 6.40. The third-order valence-electron chi connectivity index (χ3n) is 5.74. The number of hydrogen-bond donors (Lipinski definition) is 1. The molecule has 3 aromatic carbocycles. The van der Waals surface area contributed by atoms with Gasteiger partial charge in [-0.05, 0) is 62.2 Å². The Morgan fingerprint density at radius 3 is 2.56 bits per heavy atom. The van der Waals surface area contributed by atoms with Crippen molar-refractivity contribution in [3.8, 4) is 23.0 Å². The van der Waals surface area contributed by atoms with Crippen LogP contribution in [-0.2, 0) is 13.2 Å². The predicted octanol–water partition coefficient (Wildman–Crippen LogP) is 5.99. The van der Waals surface area contributed by atoms with E-state index in [4.69, 9.17) is 18.9 Å². The maximum Gasteiger partial charge on any atom is 0.203 e. The van der Waals surface area contributed by atoms with Crippen LogP contribution in [0.1, 0.15) is 54.2 Å². The third kappa shape index (κ3) is 6.07. The van der Waals surface area contributed by atoms with E-state index in [9.17, 15) is 9.90 Å². The normalized spacial score (nSPS) is 13.4. The first-order valence-electron chi connectivity index (χ1n) is 12.1. The molecule has 0 amide bonds. The third-order valence-corrected chi connectivity index (χ3v) is 5.74. The number of Topliss-reactive ketones (excluding diaryl/α,β-unsaturated/α-hetero) is 1. The van der Waals surface area contributed by atoms with Crippen LogP contribution in [0.4, 0.5) is 0 Å². The molecular formula is C30H32O6. The molecule has 1 aliphatic rings. The Hall–Kier alpha value is -3.77. The molecule has 0 spiro atoms. The highest BCUT2D eigenvalue weighted by atomic mass is 16.5. The van der Waals surface area contributed by atoms with E-state index in [0.29, 0.717) is 52.9 Å². The van der Waals surface area contributed by atoms with E-state index in [1.807, 2.05) is 69.3 Å². The van der Waals surface area contributed by atoms with Crippen LogP contribution in [0.3, 0.4) is 0 Å². The Morgan fingerprint density at radius 1 is 1.00 bits per heavy atom. The standard InChI is InChI=1S/C30H32O6/c1-4-16-33-23-11-12-24(28(17-23)34-19-21-8-6-5-7-9-21)26(32)20-35-29-22(18-31)10-13-27-25(29)14-15-30(2,3)36-27/h5-15,17,31H,4,16,18-20H2,1-3H3. The number of benzene rings is 3. The lowest BCUT2D eigenvalue weighted by atomic mass is 9.99. The zero-order chi connectivity index (χ0) is 25.5. The maximum atomic E-state index is 13.3. The molecule has 0 saturated heterocycles. The molecule has 0 aliphatic carbocycles. The molecule has 0 fully saturated rings. The number of rotatable bonds is 11. The van der Waals surface area contributed by atoms with Crippen LogP contribution in [0.2, 0.25) is 0 Å². The van der Waals surface area contributed by atoms with Gasteiger partial charge < -0.3 is 24.1 Å². The summed E-state index contributed by atoms with van der Waals surface area (Å²) in [5.41, 5.74) is 2.23. The van der Waals surface area contributed by atoms with E-state index in [1.165, 1.54) is 0 Å². The van der Waals surface area contributed by atoms with Crippen molar-refractivity contribution in [2.24, 2.45) is 0 Å². The minimum Gasteiger partial charge on any atom is -0.493 e. The van der Waals surface area contributed by atoms with Gasteiger partial charge in [0.05, 0.1) is 24.3 Å². The minimum atomic E-state index is -0.451. The molecule has 0 bridgehead atoms. The fourth-order valence-electron chi connectivity index (χ4n) is 3.88. The Morgan fingerprint density at radius 2 is 1.81 bits per heavy atom. The van der Waals surface area contributed by atoms with Gasteiger partial charge in [-0.2, -0.15) is 0 Å². The molecule has 0 saturated carbocycles. The second-order valence-corrected chi connectivity index (χ2v) is 9.16. The monoisotopic (exact) mass is 488 g/mol. The molecule has 0 unspecified atom stereocenters. The highest BCUT2D eigenvalue weighted by molar-refractivity contribution is 6.00. The molecular weight excluding hydrogens is 456 g/mol. The molecule has 6 nitrogen and oxygen atoms in total. The Kier molecular flexibility index (Phi) is 7.96. The van der Waals surface area contributed by atoms with E-state index < -0.39 is 5.60 Å². The summed E-state index contributed by atoms with van der Waals surface area (Å²) in [6.07, 6.45) is 4.71. The second-order valence-electron chi connectivity index (χ2n) is 9.16. The lowest BCUT2D eigenvalue weighted by Crippen LogP contribution is -2.27. The van der Waals surface area contributed by atoms with Gasteiger partial charge in [0.1, 0.15) is 35.2 Å². The molecule has 1 heterocycles. The van der Waals surface area contributed by atoms with Crippen molar-refractivity contribution in [1.29, 1.82) is 0 Å². The summed E-state index contributed by atoms with van der Waals surface area (Å²) in [5, 5.41) is 9.86. The number of hydrogen-bond acceptors (Lipinski definition) is 6. The average Bonchev–Trinajstić information content (AvgIpc) is 2.89. The molecule has 36 heavy (non-hydrogen) atoms. The number of aliphatic hydroxyl groups excluding tert-OH is 1. The van der Waals surface area contributed by atoms with Gasteiger partial charge in [-0.15, -0.1) is 0 Å². The molecule has 3 aromatic rings. The molecule has 1 N–H and O–H groups in total. The summed E-state index contributed by atoms with van der Waals surface area (Å²) in [7, 11) is 0. The first-order chi connectivity index (χ1) is 17.4. The van der Waals surface area contributed by atoms with Gasteiger partial charge in [0.25, 0.3) is 0 Å². The Balaban J connectivity index is 1.56. The van der Waals surface area contributed by atoms with E-state index in [2.05, 4.69) is 0 Å². The van der Waals surface area contributed by atoms with Crippen molar-refractivity contribution in [2.75, 3.05) is 13.2 Å². The van der Waals surface area contributed by atoms with Crippen LogP contribution < -0.4 is 18.9 Å². The van der Waals surface area contributed by atoms with Crippen molar-refractivity contribution < 1.29 is 28.8 Å². The molecule has 0 atom stereocenters. The fourth-order valence-corrected chi connectivity index (χ4v) is 3.88. The zero-order valence-corrected chi connectivity index (χ0v) is 21.0. The molecule has 4 rings (SSSR count). The van der Waals surface area contributed by atoms with E-state index in [-0.39, 0.29) is 19.0 Å². The van der Waals surface area contributed by atoms with Crippen LogP contribution in [0.25, 0.3) is 6.08 Å². The highest BCUT2D eigenvalue weighted by Gasteiger charge is 2.26. The van der Waals surface area contributed by atoms with E-state index >= 15 is 0 Å². The predicted molar refractivity (Wildman–Crippen MR) is 139 cm³/mol. The number of ketones is 1. The molecule has 6 heteroatoms. The van der Waals surface area contributed by atoms with Gasteiger partial charge in [-0.3, -0.25) is 4.79 Å². The van der Waals surface area contributed by atoms with Crippen LogP contribution in [0, 0.1) is 0 Å². The summed E-state index contributed by atoms with van der Waals surface area (Å²) >= 11 is 0. The van der Waals surface area contributed by atoms with Crippen molar-refractivity contribution in [3.05, 3.63) is 89.0 Å². The van der Waals surface area contributed by atoms with Gasteiger partial charge in [0, 0.05) is 11.6 Å². The largest absolute Gasteiger partial charge is 0.493 e. The number of aliphatic hydroxyl groups is 1. The smallest absolute Gasteiger partial charge is 0.203 e. The van der Waals surface area contributed by atoms with Crippen LogP contribution in [0.5, 0.6) is 23.0 Å². The lowest BCUT2D eigenvalue weighted by Gasteiger charge is -2.29. The summed E-state index contributed by atoms with van der Waals surface area (Å²) < 4.78 is 23.8. The first-order valence-corrected chi connectivity index (χ1v) is 12.1.